The lowest BCUT2D eigenvalue weighted by atomic mass is 9.58. The molecule has 2 aromatic carbocycles. The van der Waals surface area contributed by atoms with Crippen molar-refractivity contribution in [2.45, 2.75) is 38.0 Å². The van der Waals surface area contributed by atoms with Crippen LogP contribution in [0.15, 0.2) is 59.1 Å². The van der Waals surface area contributed by atoms with Gasteiger partial charge in [0.2, 0.25) is 5.78 Å². The highest BCUT2D eigenvalue weighted by atomic mass is 16.5. The maximum Gasteiger partial charge on any atom is 0.319 e. The average molecular weight is 606 g/mol. The van der Waals surface area contributed by atoms with Crippen LogP contribution in [0.1, 0.15) is 34.8 Å². The number of benzene rings is 2. The van der Waals surface area contributed by atoms with Crippen LogP contribution in [0.2, 0.25) is 0 Å². The molecule has 0 saturated heterocycles. The maximum absolute atomic E-state index is 13.9. The number of hydrogen-bond acceptors (Lipinski definition) is 11. The lowest BCUT2D eigenvalue weighted by Gasteiger charge is -2.50. The van der Waals surface area contributed by atoms with Crippen LogP contribution in [0.5, 0.6) is 5.75 Å². The molecule has 232 valence electrons. The minimum absolute atomic E-state index is 0.00588. The van der Waals surface area contributed by atoms with E-state index in [0.717, 1.165) is 11.1 Å². The summed E-state index contributed by atoms with van der Waals surface area (Å²) in [5, 5.41) is 47.9. The molecule has 1 unspecified atom stereocenters. The van der Waals surface area contributed by atoms with Gasteiger partial charge in [-0.1, -0.05) is 30.3 Å². The molecule has 0 fully saturated rings. The van der Waals surface area contributed by atoms with E-state index in [9.17, 15) is 39.6 Å². The molecule has 12 heteroatoms. The number of amides is 1. The number of carbonyl (C=O) groups is 4. The first-order chi connectivity index (χ1) is 20.8. The number of aromatic hydroxyl groups is 1. The summed E-state index contributed by atoms with van der Waals surface area (Å²) in [7, 11) is 3.17. The molecular weight excluding hydrogens is 570 g/mol. The maximum atomic E-state index is 13.9. The number of likely N-dealkylation sites (N-methyl/N-ethyl adjacent to an activating group) is 1. The Balaban J connectivity index is 1.53. The molecule has 0 aromatic heterocycles. The number of esters is 1. The van der Waals surface area contributed by atoms with E-state index in [0.29, 0.717) is 24.3 Å². The van der Waals surface area contributed by atoms with Gasteiger partial charge in [-0.2, -0.15) is 0 Å². The van der Waals surface area contributed by atoms with Crippen molar-refractivity contribution in [3.8, 4) is 16.9 Å². The fraction of sp³-hybridized carbons (Fsp3) is 0.375. The number of nitrogens with one attached hydrogen (secondary N) is 1. The lowest BCUT2D eigenvalue weighted by Crippen LogP contribution is -2.63. The molecule has 12 nitrogen and oxygen atoms in total. The fourth-order valence-corrected chi connectivity index (χ4v) is 6.84. The normalized spacial score (nSPS) is 24.6. The van der Waals surface area contributed by atoms with Crippen LogP contribution in [0.25, 0.3) is 11.1 Å². The Kier molecular flexibility index (Phi) is 8.10. The molecule has 0 aliphatic heterocycles. The standard InChI is InChI=1S/C32H35N3O9/c1-4-44-22(37)14-34-13-15-5-7-16(8-6-15)18-9-10-21(36)24-19(18)11-17-12-20-26(35(2)3)28(39)25(31(33)42)30(41)32(20,43)29(40)23(17)27(24)38/h5-10,17,20,26,34,36,39-40,43H,4,11-14H2,1-3H3,(H2,33,42)/t17-,20-,26?,32-/m0/s1. The lowest BCUT2D eigenvalue weighted by molar-refractivity contribution is -0.148. The number of ether oxygens (including phenoxy) is 1. The number of carbonyl (C=O) groups excluding carboxylic acids is 4. The van der Waals surface area contributed by atoms with E-state index in [2.05, 4.69) is 5.32 Å². The van der Waals surface area contributed by atoms with E-state index in [-0.39, 0.29) is 42.2 Å². The van der Waals surface area contributed by atoms with Gasteiger partial charge in [0.05, 0.1) is 24.8 Å². The van der Waals surface area contributed by atoms with Crippen molar-refractivity contribution in [2.75, 3.05) is 27.2 Å². The van der Waals surface area contributed by atoms with Crippen molar-refractivity contribution < 1.29 is 44.3 Å². The highest BCUT2D eigenvalue weighted by Gasteiger charge is 2.63. The number of aliphatic hydroxyl groups is 3. The van der Waals surface area contributed by atoms with Crippen LogP contribution in [-0.4, -0.2) is 87.7 Å². The first-order valence-corrected chi connectivity index (χ1v) is 14.3. The second-order valence-electron chi connectivity index (χ2n) is 11.6. The monoisotopic (exact) mass is 605 g/mol. The summed E-state index contributed by atoms with van der Waals surface area (Å²) in [4.78, 5) is 52.6. The number of nitrogens with two attached hydrogens (primary N) is 1. The summed E-state index contributed by atoms with van der Waals surface area (Å²) in [5.74, 6) is -7.25. The van der Waals surface area contributed by atoms with Crippen LogP contribution in [0.3, 0.4) is 0 Å². The highest BCUT2D eigenvalue weighted by molar-refractivity contribution is 6.24. The number of fused-ring (bicyclic) bond motifs is 3. The predicted octanol–water partition coefficient (Wildman–Crippen LogP) is 1.44. The first kappa shape index (κ1) is 30.9. The second-order valence-corrected chi connectivity index (χ2v) is 11.6. The zero-order valence-electron chi connectivity index (χ0n) is 24.6. The fourth-order valence-electron chi connectivity index (χ4n) is 6.84. The Morgan fingerprint density at radius 3 is 2.39 bits per heavy atom. The number of ketones is 2. The van der Waals surface area contributed by atoms with Crippen LogP contribution in [0, 0.1) is 11.8 Å². The number of hydrogen-bond donors (Lipinski definition) is 6. The summed E-state index contributed by atoms with van der Waals surface area (Å²) in [6, 6.07) is 9.47. The van der Waals surface area contributed by atoms with E-state index in [4.69, 9.17) is 10.5 Å². The second kappa shape index (κ2) is 11.5. The molecule has 0 radical (unpaired) electrons. The van der Waals surface area contributed by atoms with Crippen molar-refractivity contribution >= 4 is 23.4 Å². The van der Waals surface area contributed by atoms with E-state index in [1.54, 1.807) is 27.1 Å². The van der Waals surface area contributed by atoms with Crippen molar-refractivity contribution in [3.63, 3.8) is 0 Å². The zero-order chi connectivity index (χ0) is 32.1. The van der Waals surface area contributed by atoms with Gasteiger partial charge in [0.25, 0.3) is 5.91 Å². The number of phenolic OH excluding ortho intramolecular Hbond substituents is 1. The third-order valence-electron chi connectivity index (χ3n) is 8.77. The van der Waals surface area contributed by atoms with Gasteiger partial charge >= 0.3 is 5.97 Å². The van der Waals surface area contributed by atoms with Crippen LogP contribution in [-0.2, 0) is 32.1 Å². The minimum atomic E-state index is -2.69. The number of rotatable bonds is 8. The molecule has 44 heavy (non-hydrogen) atoms. The Hall–Kier alpha value is -4.52. The smallest absolute Gasteiger partial charge is 0.319 e. The van der Waals surface area contributed by atoms with Crippen LogP contribution in [0.4, 0.5) is 0 Å². The molecule has 7 N–H and O–H groups in total. The minimum Gasteiger partial charge on any atom is -0.510 e. The molecule has 5 rings (SSSR count). The quantitative estimate of drug-likeness (QED) is 0.188. The number of phenols is 1. The SMILES string of the molecule is CCOC(=O)CNCc1ccc(-c2ccc(O)c3c2C[C@H]2C[C@H]4C(N(C)C)C(O)=C(C(N)=O)C(=O)[C@@]4(O)C(O)=C2C3=O)cc1. The van der Waals surface area contributed by atoms with E-state index in [1.165, 1.54) is 11.0 Å². The first-order valence-electron chi connectivity index (χ1n) is 14.3. The Labute approximate surface area is 253 Å². The number of Topliss-reactive ketones (excluding diaryl/α,β-unsaturated/α-hetero) is 2. The van der Waals surface area contributed by atoms with Crippen LogP contribution < -0.4 is 11.1 Å². The summed E-state index contributed by atoms with van der Waals surface area (Å²) in [6.45, 7) is 2.54. The predicted molar refractivity (Wildman–Crippen MR) is 157 cm³/mol. The van der Waals surface area contributed by atoms with E-state index >= 15 is 0 Å². The van der Waals surface area contributed by atoms with Crippen molar-refractivity contribution in [1.29, 1.82) is 0 Å². The number of primary amides is 1. The van der Waals surface area contributed by atoms with Crippen molar-refractivity contribution in [1.82, 2.24) is 10.2 Å². The van der Waals surface area contributed by atoms with E-state index in [1.807, 2.05) is 24.3 Å². The van der Waals surface area contributed by atoms with Gasteiger partial charge in [0, 0.05) is 18.0 Å². The number of allylic oxidation sites excluding steroid dienone is 1. The summed E-state index contributed by atoms with van der Waals surface area (Å²) < 4.78 is 4.91. The molecule has 1 amide bonds. The molecule has 3 aliphatic rings. The summed E-state index contributed by atoms with van der Waals surface area (Å²) >= 11 is 0. The highest BCUT2D eigenvalue weighted by Crippen LogP contribution is 2.53. The zero-order valence-corrected chi connectivity index (χ0v) is 24.6. The number of nitrogens with zero attached hydrogens (tertiary/aromatic N) is 1. The molecular formula is C32H35N3O9. The Morgan fingerprint density at radius 2 is 1.77 bits per heavy atom. The topological polar surface area (TPSA) is 200 Å². The van der Waals surface area contributed by atoms with E-state index < -0.39 is 58.0 Å². The summed E-state index contributed by atoms with van der Waals surface area (Å²) in [5.41, 5.74) is 4.48. The van der Waals surface area contributed by atoms with Crippen LogP contribution >= 0.6 is 0 Å². The average Bonchev–Trinajstić information content (AvgIpc) is 2.95. The van der Waals surface area contributed by atoms with Gasteiger partial charge in [-0.15, -0.1) is 0 Å². The van der Waals surface area contributed by atoms with Gasteiger partial charge in [-0.3, -0.25) is 24.1 Å². The molecule has 0 saturated carbocycles. The Bertz CT molecular complexity index is 1630. The molecule has 0 heterocycles. The summed E-state index contributed by atoms with van der Waals surface area (Å²) in [6.07, 6.45) is 0.188. The van der Waals surface area contributed by atoms with Gasteiger partial charge in [-0.25, -0.2) is 0 Å². The third kappa shape index (κ3) is 4.84. The third-order valence-corrected chi connectivity index (χ3v) is 8.77. The Morgan fingerprint density at radius 1 is 1.09 bits per heavy atom. The molecule has 0 bridgehead atoms. The van der Waals surface area contributed by atoms with Gasteiger partial charge in [0.1, 0.15) is 22.8 Å². The molecule has 4 atom stereocenters. The molecule has 3 aliphatic carbocycles. The van der Waals surface area contributed by atoms with Gasteiger partial charge in [-0.05, 0) is 68.1 Å². The van der Waals surface area contributed by atoms with Gasteiger partial charge in [0.15, 0.2) is 11.4 Å². The number of aliphatic hydroxyl groups excluding tert-OH is 2. The molecule has 0 spiro atoms. The van der Waals surface area contributed by atoms with Crippen molar-refractivity contribution in [3.05, 3.63) is 75.8 Å². The van der Waals surface area contributed by atoms with Crippen molar-refractivity contribution in [2.24, 2.45) is 17.6 Å². The largest absolute Gasteiger partial charge is 0.510 e. The van der Waals surface area contributed by atoms with Gasteiger partial charge < -0.3 is 36.2 Å². The molecule has 2 aromatic rings.